The minimum atomic E-state index is 0.500. The number of rotatable bonds is 7. The van der Waals surface area contributed by atoms with Crippen LogP contribution in [0.4, 0.5) is 0 Å². The summed E-state index contributed by atoms with van der Waals surface area (Å²) in [7, 11) is 0. The Morgan fingerprint density at radius 3 is 2.76 bits per heavy atom. The Hall–Kier alpha value is -0.0600. The van der Waals surface area contributed by atoms with Crippen molar-refractivity contribution in [2.45, 2.75) is 19.9 Å². The quantitative estimate of drug-likeness (QED) is 0.586. The van der Waals surface area contributed by atoms with Crippen molar-refractivity contribution in [2.24, 2.45) is 5.92 Å². The lowest BCUT2D eigenvalue weighted by atomic mass is 10.1. The van der Waals surface area contributed by atoms with Crippen LogP contribution in [0.3, 0.4) is 0 Å². The van der Waals surface area contributed by atoms with Crippen molar-refractivity contribution in [1.82, 2.24) is 5.32 Å². The van der Waals surface area contributed by atoms with Crippen molar-refractivity contribution in [3.63, 3.8) is 0 Å². The fourth-order valence-electron chi connectivity index (χ4n) is 1.35. The molecule has 1 rings (SSSR count). The van der Waals surface area contributed by atoms with E-state index in [1.54, 1.807) is 0 Å². The molecular weight excluding hydrogens is 346 g/mol. The highest BCUT2D eigenvalue weighted by molar-refractivity contribution is 9.10. The molecule has 0 saturated carbocycles. The molecule has 0 spiro atoms. The second kappa shape index (κ2) is 8.11. The van der Waals surface area contributed by atoms with Gasteiger partial charge in [-0.25, -0.2) is 0 Å². The zero-order chi connectivity index (χ0) is 12.7. The highest BCUT2D eigenvalue weighted by Crippen LogP contribution is 2.17. The van der Waals surface area contributed by atoms with Crippen molar-refractivity contribution in [1.29, 1.82) is 0 Å². The van der Waals surface area contributed by atoms with E-state index in [0.717, 1.165) is 22.1 Å². The van der Waals surface area contributed by atoms with Crippen LogP contribution in [-0.4, -0.2) is 24.5 Å². The Morgan fingerprint density at radius 1 is 1.35 bits per heavy atom. The largest absolute Gasteiger partial charge is 0.492 e. The first-order valence-electron chi connectivity index (χ1n) is 5.81. The van der Waals surface area contributed by atoms with Crippen LogP contribution in [0.5, 0.6) is 5.75 Å². The molecule has 0 aromatic heterocycles. The molecule has 4 heteroatoms. The number of hydrogen-bond donors (Lipinski definition) is 1. The normalized spacial score (nSPS) is 14.4. The van der Waals surface area contributed by atoms with Gasteiger partial charge in [0.15, 0.2) is 0 Å². The van der Waals surface area contributed by atoms with Gasteiger partial charge in [-0.1, -0.05) is 44.8 Å². The molecular formula is C13H19Br2NO. The van der Waals surface area contributed by atoms with E-state index in [1.807, 2.05) is 24.3 Å². The smallest absolute Gasteiger partial charge is 0.120 e. The standard InChI is InChI=1S/C13H19Br2NO/c1-10(9-14)11(2)16-6-7-17-13-5-3-4-12(15)8-13/h3-5,8,10-11,16H,6-7,9H2,1-2H3. The molecule has 0 heterocycles. The van der Waals surface area contributed by atoms with Crippen molar-refractivity contribution >= 4 is 31.9 Å². The topological polar surface area (TPSA) is 21.3 Å². The number of hydrogen-bond acceptors (Lipinski definition) is 2. The van der Waals surface area contributed by atoms with Gasteiger partial charge in [0, 0.05) is 22.4 Å². The summed E-state index contributed by atoms with van der Waals surface area (Å²) in [6, 6.07) is 8.41. The van der Waals surface area contributed by atoms with Crippen LogP contribution in [0.25, 0.3) is 0 Å². The summed E-state index contributed by atoms with van der Waals surface area (Å²) in [6.45, 7) is 5.98. The van der Waals surface area contributed by atoms with Crippen molar-refractivity contribution in [3.05, 3.63) is 28.7 Å². The molecule has 1 aromatic rings. The number of ether oxygens (including phenoxy) is 1. The number of benzene rings is 1. The molecule has 0 fully saturated rings. The minimum absolute atomic E-state index is 0.500. The predicted octanol–water partition coefficient (Wildman–Crippen LogP) is 3.84. The van der Waals surface area contributed by atoms with Gasteiger partial charge in [-0.05, 0) is 31.0 Å². The summed E-state index contributed by atoms with van der Waals surface area (Å²) in [4.78, 5) is 0. The average molecular weight is 365 g/mol. The van der Waals surface area contributed by atoms with Crippen molar-refractivity contribution in [3.8, 4) is 5.75 Å². The van der Waals surface area contributed by atoms with Crippen LogP contribution in [0.2, 0.25) is 0 Å². The molecule has 0 amide bonds. The second-order valence-electron chi connectivity index (χ2n) is 4.18. The third kappa shape index (κ3) is 5.89. The average Bonchev–Trinajstić information content (AvgIpc) is 2.33. The first-order valence-corrected chi connectivity index (χ1v) is 7.72. The zero-order valence-electron chi connectivity index (χ0n) is 10.2. The Labute approximate surface area is 120 Å². The van der Waals surface area contributed by atoms with Crippen LogP contribution in [-0.2, 0) is 0 Å². The maximum absolute atomic E-state index is 5.65. The SMILES string of the molecule is CC(CBr)C(C)NCCOc1cccc(Br)c1. The van der Waals surface area contributed by atoms with Gasteiger partial charge in [0.1, 0.15) is 12.4 Å². The summed E-state index contributed by atoms with van der Waals surface area (Å²) >= 11 is 6.91. The summed E-state index contributed by atoms with van der Waals surface area (Å²) < 4.78 is 6.69. The maximum Gasteiger partial charge on any atom is 0.120 e. The first-order chi connectivity index (χ1) is 8.13. The first kappa shape index (κ1) is 15.0. The van der Waals surface area contributed by atoms with Gasteiger partial charge in [-0.15, -0.1) is 0 Å². The minimum Gasteiger partial charge on any atom is -0.492 e. The molecule has 2 atom stereocenters. The van der Waals surface area contributed by atoms with E-state index in [0.29, 0.717) is 18.6 Å². The van der Waals surface area contributed by atoms with Crippen LogP contribution < -0.4 is 10.1 Å². The molecule has 96 valence electrons. The lowest BCUT2D eigenvalue weighted by Crippen LogP contribution is -2.35. The van der Waals surface area contributed by atoms with E-state index >= 15 is 0 Å². The molecule has 0 aliphatic carbocycles. The van der Waals surface area contributed by atoms with Gasteiger partial charge < -0.3 is 10.1 Å². The van der Waals surface area contributed by atoms with Gasteiger partial charge in [0.2, 0.25) is 0 Å². The molecule has 0 radical (unpaired) electrons. The highest BCUT2D eigenvalue weighted by atomic mass is 79.9. The molecule has 0 bridgehead atoms. The van der Waals surface area contributed by atoms with E-state index in [-0.39, 0.29) is 0 Å². The monoisotopic (exact) mass is 363 g/mol. The molecule has 1 N–H and O–H groups in total. The van der Waals surface area contributed by atoms with E-state index in [4.69, 9.17) is 4.74 Å². The van der Waals surface area contributed by atoms with E-state index < -0.39 is 0 Å². The van der Waals surface area contributed by atoms with Gasteiger partial charge in [-0.2, -0.15) is 0 Å². The third-order valence-electron chi connectivity index (χ3n) is 2.73. The Kier molecular flexibility index (Phi) is 7.16. The number of alkyl halides is 1. The molecule has 1 aromatic carbocycles. The van der Waals surface area contributed by atoms with Crippen LogP contribution >= 0.6 is 31.9 Å². The molecule has 17 heavy (non-hydrogen) atoms. The number of halogens is 2. The van der Waals surface area contributed by atoms with Gasteiger partial charge in [0.25, 0.3) is 0 Å². The van der Waals surface area contributed by atoms with Crippen LogP contribution in [0.15, 0.2) is 28.7 Å². The second-order valence-corrected chi connectivity index (χ2v) is 5.74. The van der Waals surface area contributed by atoms with Gasteiger partial charge in [-0.3, -0.25) is 0 Å². The summed E-state index contributed by atoms with van der Waals surface area (Å²) in [6.07, 6.45) is 0. The molecule has 0 aliphatic rings. The third-order valence-corrected chi connectivity index (χ3v) is 4.24. The lowest BCUT2D eigenvalue weighted by Gasteiger charge is -2.19. The fraction of sp³-hybridized carbons (Fsp3) is 0.538. The molecule has 2 nitrogen and oxygen atoms in total. The predicted molar refractivity (Wildman–Crippen MR) is 80.1 cm³/mol. The van der Waals surface area contributed by atoms with Crippen LogP contribution in [0.1, 0.15) is 13.8 Å². The summed E-state index contributed by atoms with van der Waals surface area (Å²) in [5.74, 6) is 1.53. The van der Waals surface area contributed by atoms with E-state index in [1.165, 1.54) is 0 Å². The Morgan fingerprint density at radius 2 is 2.12 bits per heavy atom. The maximum atomic E-state index is 5.65. The Balaban J connectivity index is 2.20. The highest BCUT2D eigenvalue weighted by Gasteiger charge is 2.09. The van der Waals surface area contributed by atoms with Gasteiger partial charge >= 0.3 is 0 Å². The molecule has 2 unspecified atom stereocenters. The Bertz CT molecular complexity index is 333. The zero-order valence-corrected chi connectivity index (χ0v) is 13.4. The van der Waals surface area contributed by atoms with Crippen molar-refractivity contribution < 1.29 is 4.74 Å². The van der Waals surface area contributed by atoms with Crippen LogP contribution in [0, 0.1) is 5.92 Å². The number of nitrogens with one attached hydrogen (secondary N) is 1. The van der Waals surface area contributed by atoms with E-state index in [2.05, 4.69) is 51.0 Å². The fourth-order valence-corrected chi connectivity index (χ4v) is 2.29. The summed E-state index contributed by atoms with van der Waals surface area (Å²) in [5, 5.41) is 4.47. The van der Waals surface area contributed by atoms with E-state index in [9.17, 15) is 0 Å². The molecule has 0 saturated heterocycles. The summed E-state index contributed by atoms with van der Waals surface area (Å²) in [5.41, 5.74) is 0. The lowest BCUT2D eigenvalue weighted by molar-refractivity contribution is 0.297. The van der Waals surface area contributed by atoms with Gasteiger partial charge in [0.05, 0.1) is 0 Å². The van der Waals surface area contributed by atoms with Crippen molar-refractivity contribution in [2.75, 3.05) is 18.5 Å². The molecule has 0 aliphatic heterocycles.